The summed E-state index contributed by atoms with van der Waals surface area (Å²) in [7, 11) is 0. The van der Waals surface area contributed by atoms with Crippen molar-refractivity contribution in [3.63, 3.8) is 0 Å². The number of carbonyl (C=O) groups excluding carboxylic acids is 1. The number of amides is 1. The Morgan fingerprint density at radius 1 is 1.28 bits per heavy atom. The first-order valence-corrected chi connectivity index (χ1v) is 9.22. The van der Waals surface area contributed by atoms with Crippen LogP contribution in [-0.4, -0.2) is 28.8 Å². The molecule has 1 amide bonds. The number of hydrogen-bond donors (Lipinski definition) is 2. The van der Waals surface area contributed by atoms with E-state index in [0.29, 0.717) is 18.9 Å². The Morgan fingerprint density at radius 2 is 2.04 bits per heavy atom. The summed E-state index contributed by atoms with van der Waals surface area (Å²) in [5, 5.41) is 11.0. The molecule has 0 aliphatic carbocycles. The number of para-hydroxylation sites is 1. The van der Waals surface area contributed by atoms with Crippen LogP contribution in [0.15, 0.2) is 30.3 Å². The van der Waals surface area contributed by atoms with Crippen LogP contribution in [0.25, 0.3) is 5.69 Å². The lowest BCUT2D eigenvalue weighted by molar-refractivity contribution is -0.121. The van der Waals surface area contributed by atoms with Gasteiger partial charge in [0.25, 0.3) is 0 Å². The van der Waals surface area contributed by atoms with E-state index in [1.807, 2.05) is 30.7 Å². The number of nitrogens with zero attached hydrogens (tertiary/aromatic N) is 2. The highest BCUT2D eigenvalue weighted by Gasteiger charge is 2.15. The van der Waals surface area contributed by atoms with Gasteiger partial charge in [0.15, 0.2) is 0 Å². The molecule has 1 aliphatic heterocycles. The van der Waals surface area contributed by atoms with Crippen molar-refractivity contribution >= 4 is 5.91 Å². The normalized spacial score (nSPS) is 15.3. The first-order chi connectivity index (χ1) is 12.1. The van der Waals surface area contributed by atoms with Crippen LogP contribution in [0.1, 0.15) is 42.6 Å². The molecule has 1 aliphatic rings. The van der Waals surface area contributed by atoms with Crippen LogP contribution in [0, 0.1) is 19.8 Å². The molecule has 3 rings (SSSR count). The number of aryl methyl sites for hydroxylation is 2. The maximum absolute atomic E-state index is 12.2. The molecule has 1 saturated heterocycles. The minimum Gasteiger partial charge on any atom is -0.352 e. The lowest BCUT2D eigenvalue weighted by Crippen LogP contribution is -2.29. The van der Waals surface area contributed by atoms with E-state index in [9.17, 15) is 4.79 Å². The van der Waals surface area contributed by atoms with E-state index >= 15 is 0 Å². The maximum Gasteiger partial charge on any atom is 0.220 e. The quantitative estimate of drug-likeness (QED) is 0.850. The van der Waals surface area contributed by atoms with Gasteiger partial charge in [-0.25, -0.2) is 4.68 Å². The molecule has 0 unspecified atom stereocenters. The van der Waals surface area contributed by atoms with Crippen molar-refractivity contribution < 1.29 is 4.79 Å². The SMILES string of the molecule is Cc1cc(C)n(-c2ccccc2CNC(=O)CCC2CCNCC2)n1. The number of carbonyl (C=O) groups is 1. The van der Waals surface area contributed by atoms with Crippen molar-refractivity contribution in [1.29, 1.82) is 0 Å². The van der Waals surface area contributed by atoms with E-state index in [1.54, 1.807) is 0 Å². The maximum atomic E-state index is 12.2. The van der Waals surface area contributed by atoms with Crippen LogP contribution in [0.2, 0.25) is 0 Å². The zero-order valence-electron chi connectivity index (χ0n) is 15.2. The van der Waals surface area contributed by atoms with E-state index in [-0.39, 0.29) is 5.91 Å². The number of nitrogens with one attached hydrogen (secondary N) is 2. The molecule has 1 aromatic heterocycles. The third kappa shape index (κ3) is 4.69. The van der Waals surface area contributed by atoms with E-state index in [4.69, 9.17) is 0 Å². The summed E-state index contributed by atoms with van der Waals surface area (Å²) in [6.07, 6.45) is 3.99. The summed E-state index contributed by atoms with van der Waals surface area (Å²) in [6, 6.07) is 10.2. The van der Waals surface area contributed by atoms with Gasteiger partial charge in [0, 0.05) is 18.7 Å². The highest BCUT2D eigenvalue weighted by Crippen LogP contribution is 2.19. The topological polar surface area (TPSA) is 59.0 Å². The van der Waals surface area contributed by atoms with Crippen molar-refractivity contribution in [2.24, 2.45) is 5.92 Å². The summed E-state index contributed by atoms with van der Waals surface area (Å²) in [4.78, 5) is 12.2. The van der Waals surface area contributed by atoms with Crippen LogP contribution >= 0.6 is 0 Å². The van der Waals surface area contributed by atoms with Crippen LogP contribution in [0.3, 0.4) is 0 Å². The minimum absolute atomic E-state index is 0.140. The first kappa shape index (κ1) is 17.7. The fourth-order valence-corrected chi connectivity index (χ4v) is 3.53. The van der Waals surface area contributed by atoms with Crippen LogP contribution < -0.4 is 10.6 Å². The van der Waals surface area contributed by atoms with E-state index in [0.717, 1.165) is 42.1 Å². The molecule has 134 valence electrons. The lowest BCUT2D eigenvalue weighted by Gasteiger charge is -2.22. The fourth-order valence-electron chi connectivity index (χ4n) is 3.53. The number of piperidine rings is 1. The third-order valence-electron chi connectivity index (χ3n) is 4.94. The fraction of sp³-hybridized carbons (Fsp3) is 0.500. The second kappa shape index (κ2) is 8.30. The predicted molar refractivity (Wildman–Crippen MR) is 99.7 cm³/mol. The highest BCUT2D eigenvalue weighted by molar-refractivity contribution is 5.76. The second-order valence-electron chi connectivity index (χ2n) is 6.98. The Labute approximate surface area is 149 Å². The smallest absolute Gasteiger partial charge is 0.220 e. The van der Waals surface area contributed by atoms with Gasteiger partial charge in [-0.05, 0) is 69.8 Å². The zero-order valence-corrected chi connectivity index (χ0v) is 15.2. The molecule has 1 fully saturated rings. The highest BCUT2D eigenvalue weighted by atomic mass is 16.1. The largest absolute Gasteiger partial charge is 0.352 e. The van der Waals surface area contributed by atoms with Gasteiger partial charge in [-0.1, -0.05) is 18.2 Å². The van der Waals surface area contributed by atoms with Gasteiger partial charge >= 0.3 is 0 Å². The van der Waals surface area contributed by atoms with E-state index in [1.165, 1.54) is 12.8 Å². The molecule has 0 radical (unpaired) electrons. The minimum atomic E-state index is 0.140. The van der Waals surface area contributed by atoms with Gasteiger partial charge in [0.1, 0.15) is 0 Å². The van der Waals surface area contributed by atoms with Crippen molar-refractivity contribution in [3.05, 3.63) is 47.3 Å². The molecule has 5 nitrogen and oxygen atoms in total. The monoisotopic (exact) mass is 340 g/mol. The average molecular weight is 340 g/mol. The van der Waals surface area contributed by atoms with Crippen LogP contribution in [0.4, 0.5) is 0 Å². The average Bonchev–Trinajstić information content (AvgIpc) is 2.97. The summed E-state index contributed by atoms with van der Waals surface area (Å²) >= 11 is 0. The zero-order chi connectivity index (χ0) is 17.6. The van der Waals surface area contributed by atoms with E-state index in [2.05, 4.69) is 33.9 Å². The molecule has 1 aromatic carbocycles. The first-order valence-electron chi connectivity index (χ1n) is 9.22. The van der Waals surface area contributed by atoms with Crippen LogP contribution in [-0.2, 0) is 11.3 Å². The van der Waals surface area contributed by atoms with Gasteiger partial charge in [0.05, 0.1) is 11.4 Å². The molecular formula is C20H28N4O. The van der Waals surface area contributed by atoms with Crippen molar-refractivity contribution in [2.75, 3.05) is 13.1 Å². The number of aromatic nitrogens is 2. The molecule has 0 bridgehead atoms. The van der Waals surface area contributed by atoms with Crippen molar-refractivity contribution in [3.8, 4) is 5.69 Å². The molecule has 2 heterocycles. The summed E-state index contributed by atoms with van der Waals surface area (Å²) in [6.45, 7) is 6.76. The third-order valence-corrected chi connectivity index (χ3v) is 4.94. The molecule has 25 heavy (non-hydrogen) atoms. The summed E-state index contributed by atoms with van der Waals surface area (Å²) in [5.41, 5.74) is 4.22. The van der Waals surface area contributed by atoms with Crippen molar-refractivity contribution in [2.45, 2.75) is 46.1 Å². The number of hydrogen-bond acceptors (Lipinski definition) is 3. The van der Waals surface area contributed by atoms with Gasteiger partial charge in [-0.3, -0.25) is 4.79 Å². The molecule has 0 spiro atoms. The van der Waals surface area contributed by atoms with Gasteiger partial charge in [-0.2, -0.15) is 5.10 Å². The Hall–Kier alpha value is -2.14. The number of benzene rings is 1. The molecule has 5 heteroatoms. The summed E-state index contributed by atoms with van der Waals surface area (Å²) < 4.78 is 1.95. The molecule has 2 aromatic rings. The van der Waals surface area contributed by atoms with Crippen molar-refractivity contribution in [1.82, 2.24) is 20.4 Å². The van der Waals surface area contributed by atoms with Gasteiger partial charge in [-0.15, -0.1) is 0 Å². The number of rotatable bonds is 6. The summed E-state index contributed by atoms with van der Waals surface area (Å²) in [5.74, 6) is 0.829. The predicted octanol–water partition coefficient (Wildman–Crippen LogP) is 2.89. The van der Waals surface area contributed by atoms with Crippen LogP contribution in [0.5, 0.6) is 0 Å². The lowest BCUT2D eigenvalue weighted by atomic mass is 9.93. The van der Waals surface area contributed by atoms with E-state index < -0.39 is 0 Å². The second-order valence-corrected chi connectivity index (χ2v) is 6.98. The molecule has 0 saturated carbocycles. The molecule has 0 atom stereocenters. The Morgan fingerprint density at radius 3 is 2.76 bits per heavy atom. The van der Waals surface area contributed by atoms with Gasteiger partial charge in [0.2, 0.25) is 5.91 Å². The molecule has 2 N–H and O–H groups in total. The Kier molecular flexibility index (Phi) is 5.87. The van der Waals surface area contributed by atoms with Gasteiger partial charge < -0.3 is 10.6 Å². The Balaban J connectivity index is 1.58. The standard InChI is InChI=1S/C20H28N4O/c1-15-13-16(2)24(23-15)19-6-4-3-5-18(19)14-22-20(25)8-7-17-9-11-21-12-10-17/h3-6,13,17,21H,7-12,14H2,1-2H3,(H,22,25). The Bertz CT molecular complexity index is 716. The molecular weight excluding hydrogens is 312 g/mol.